The van der Waals surface area contributed by atoms with Gasteiger partial charge in [0.05, 0.1) is 16.6 Å². The maximum absolute atomic E-state index is 13.4. The van der Waals surface area contributed by atoms with E-state index in [9.17, 15) is 9.59 Å². The molecule has 0 saturated heterocycles. The number of benzene rings is 3. The van der Waals surface area contributed by atoms with Gasteiger partial charge < -0.3 is 5.32 Å². The van der Waals surface area contributed by atoms with Gasteiger partial charge in [-0.1, -0.05) is 78.5 Å². The molecule has 2 amide bonds. The van der Waals surface area contributed by atoms with E-state index in [-0.39, 0.29) is 24.4 Å². The molecule has 5 heteroatoms. The predicted octanol–water partition coefficient (Wildman–Crippen LogP) is 5.35. The molecule has 0 radical (unpaired) electrons. The van der Waals surface area contributed by atoms with Crippen molar-refractivity contribution in [1.29, 1.82) is 0 Å². The normalized spacial score (nSPS) is 15.5. The van der Waals surface area contributed by atoms with Crippen molar-refractivity contribution >= 4 is 35.3 Å². The quantitative estimate of drug-likeness (QED) is 0.557. The van der Waals surface area contributed by atoms with Crippen LogP contribution in [0.15, 0.2) is 88.7 Å². The maximum atomic E-state index is 13.4. The van der Waals surface area contributed by atoms with E-state index in [1.165, 1.54) is 11.8 Å². The molecule has 0 fully saturated rings. The highest BCUT2D eigenvalue weighted by molar-refractivity contribution is 8.04. The topological polar surface area (TPSA) is 49.4 Å². The van der Waals surface area contributed by atoms with E-state index in [2.05, 4.69) is 5.32 Å². The second-order valence-electron chi connectivity index (χ2n) is 7.53. The largest absolute Gasteiger partial charge is 0.348 e. The van der Waals surface area contributed by atoms with Crippen molar-refractivity contribution in [1.82, 2.24) is 5.32 Å². The average molecular weight is 429 g/mol. The van der Waals surface area contributed by atoms with Gasteiger partial charge in [0.25, 0.3) is 5.91 Å². The van der Waals surface area contributed by atoms with E-state index in [4.69, 9.17) is 0 Å². The Kier molecular flexibility index (Phi) is 6.23. The fourth-order valence-corrected chi connectivity index (χ4v) is 4.61. The molecule has 3 aromatic carbocycles. The van der Waals surface area contributed by atoms with Crippen LogP contribution in [-0.4, -0.2) is 18.4 Å². The number of anilines is 1. The van der Waals surface area contributed by atoms with Gasteiger partial charge in [-0.3, -0.25) is 14.5 Å². The molecule has 1 atom stereocenters. The van der Waals surface area contributed by atoms with Crippen molar-refractivity contribution in [2.45, 2.75) is 24.8 Å². The van der Waals surface area contributed by atoms with E-state index in [1.807, 2.05) is 98.8 Å². The summed E-state index contributed by atoms with van der Waals surface area (Å²) in [5.41, 5.74) is 3.89. The van der Waals surface area contributed by atoms with Gasteiger partial charge in [-0.25, -0.2) is 0 Å². The Hall–Kier alpha value is -3.31. The van der Waals surface area contributed by atoms with Crippen LogP contribution >= 0.6 is 11.8 Å². The van der Waals surface area contributed by atoms with Crippen molar-refractivity contribution in [2.75, 3.05) is 11.4 Å². The highest BCUT2D eigenvalue weighted by Crippen LogP contribution is 2.42. The van der Waals surface area contributed by atoms with Crippen LogP contribution in [0.2, 0.25) is 0 Å². The van der Waals surface area contributed by atoms with Crippen molar-refractivity contribution < 1.29 is 9.59 Å². The Morgan fingerprint density at radius 1 is 1.00 bits per heavy atom. The number of fused-ring (bicyclic) bond motifs is 1. The summed E-state index contributed by atoms with van der Waals surface area (Å²) < 4.78 is 0. The first-order chi connectivity index (χ1) is 15.0. The zero-order chi connectivity index (χ0) is 21.8. The zero-order valence-electron chi connectivity index (χ0n) is 17.5. The van der Waals surface area contributed by atoms with Crippen molar-refractivity contribution in [2.24, 2.45) is 0 Å². The lowest BCUT2D eigenvalue weighted by atomic mass is 10.1. The van der Waals surface area contributed by atoms with Gasteiger partial charge in [-0.05, 0) is 48.7 Å². The second-order valence-corrected chi connectivity index (χ2v) is 8.61. The van der Waals surface area contributed by atoms with Crippen LogP contribution in [0.4, 0.5) is 5.69 Å². The number of thioether (sulfide) groups is 1. The monoisotopic (exact) mass is 428 g/mol. The number of nitrogens with one attached hydrogen (secondary N) is 1. The van der Waals surface area contributed by atoms with E-state index in [0.29, 0.717) is 4.91 Å². The highest BCUT2D eigenvalue weighted by atomic mass is 32.2. The minimum atomic E-state index is -0.193. The Balaban J connectivity index is 1.59. The van der Waals surface area contributed by atoms with Crippen molar-refractivity contribution in [3.05, 3.63) is 100 Å². The van der Waals surface area contributed by atoms with Crippen LogP contribution in [0.3, 0.4) is 0 Å². The predicted molar refractivity (Wildman–Crippen MR) is 127 cm³/mol. The summed E-state index contributed by atoms with van der Waals surface area (Å²) >= 11 is 1.45. The summed E-state index contributed by atoms with van der Waals surface area (Å²) in [6.07, 6.45) is 1.91. The summed E-state index contributed by atoms with van der Waals surface area (Å²) in [4.78, 5) is 29.3. The molecule has 1 N–H and O–H groups in total. The average Bonchev–Trinajstić information content (AvgIpc) is 2.78. The Morgan fingerprint density at radius 3 is 2.45 bits per heavy atom. The molecular formula is C26H24N2O2S. The summed E-state index contributed by atoms with van der Waals surface area (Å²) in [5, 5.41) is 3.01. The van der Waals surface area contributed by atoms with Gasteiger partial charge in [0.2, 0.25) is 5.91 Å². The van der Waals surface area contributed by atoms with E-state index >= 15 is 0 Å². The minimum Gasteiger partial charge on any atom is -0.348 e. The first kappa shape index (κ1) is 20.9. The number of carbonyl (C=O) groups excluding carboxylic acids is 2. The molecule has 3 aromatic rings. The van der Waals surface area contributed by atoms with Gasteiger partial charge in [-0.2, -0.15) is 0 Å². The standard InChI is InChI=1S/C26H24N2O2S/c1-18-10-6-7-13-21(18)16-24-26(30)28(22-14-8-9-15-23(22)31-24)17-25(29)27-19(2)20-11-4-3-5-12-20/h3-16,19H,17H2,1-2H3,(H,27,29)/b24-16-/t19-/m1/s1. The van der Waals surface area contributed by atoms with E-state index in [0.717, 1.165) is 27.3 Å². The van der Waals surface area contributed by atoms with E-state index < -0.39 is 0 Å². The summed E-state index contributed by atoms with van der Waals surface area (Å²) in [6, 6.07) is 25.3. The fraction of sp³-hybridized carbons (Fsp3) is 0.154. The summed E-state index contributed by atoms with van der Waals surface area (Å²) in [5.74, 6) is -0.351. The number of hydrogen-bond donors (Lipinski definition) is 1. The minimum absolute atomic E-state index is 0.0291. The SMILES string of the molecule is Cc1ccccc1/C=C1\Sc2ccccc2N(CC(=O)N[C@H](C)c2ccccc2)C1=O. The number of carbonyl (C=O) groups is 2. The van der Waals surface area contributed by atoms with Gasteiger partial charge >= 0.3 is 0 Å². The molecule has 4 nitrogen and oxygen atoms in total. The smallest absolute Gasteiger partial charge is 0.265 e. The summed E-state index contributed by atoms with van der Waals surface area (Å²) in [7, 11) is 0. The lowest BCUT2D eigenvalue weighted by Crippen LogP contribution is -2.43. The maximum Gasteiger partial charge on any atom is 0.265 e. The molecule has 0 unspecified atom stereocenters. The van der Waals surface area contributed by atoms with Gasteiger partial charge in [0.15, 0.2) is 0 Å². The Bertz CT molecular complexity index is 1140. The van der Waals surface area contributed by atoms with Crippen LogP contribution in [0.1, 0.15) is 29.7 Å². The number of nitrogens with zero attached hydrogens (tertiary/aromatic N) is 1. The molecular weight excluding hydrogens is 404 g/mol. The molecule has 0 aliphatic carbocycles. The second kappa shape index (κ2) is 9.23. The highest BCUT2D eigenvalue weighted by Gasteiger charge is 2.30. The molecule has 0 saturated carbocycles. The number of hydrogen-bond acceptors (Lipinski definition) is 3. The van der Waals surface area contributed by atoms with E-state index in [1.54, 1.807) is 4.90 Å². The van der Waals surface area contributed by atoms with Crippen LogP contribution in [0.25, 0.3) is 6.08 Å². The van der Waals surface area contributed by atoms with Crippen LogP contribution in [0.5, 0.6) is 0 Å². The number of aryl methyl sites for hydroxylation is 1. The zero-order valence-corrected chi connectivity index (χ0v) is 18.4. The molecule has 0 aromatic heterocycles. The fourth-order valence-electron chi connectivity index (χ4n) is 3.56. The third-order valence-corrected chi connectivity index (χ3v) is 6.36. The summed E-state index contributed by atoms with van der Waals surface area (Å²) in [6.45, 7) is 3.94. The first-order valence-corrected chi connectivity index (χ1v) is 11.0. The van der Waals surface area contributed by atoms with Gasteiger partial charge in [0.1, 0.15) is 6.54 Å². The molecule has 0 bridgehead atoms. The van der Waals surface area contributed by atoms with Gasteiger partial charge in [-0.15, -0.1) is 0 Å². The first-order valence-electron chi connectivity index (χ1n) is 10.2. The molecule has 0 spiro atoms. The number of amides is 2. The third-order valence-electron chi connectivity index (χ3n) is 5.29. The molecule has 1 aliphatic rings. The van der Waals surface area contributed by atoms with Crippen LogP contribution < -0.4 is 10.2 Å². The molecule has 4 rings (SSSR count). The van der Waals surface area contributed by atoms with Crippen molar-refractivity contribution in [3.63, 3.8) is 0 Å². The van der Waals surface area contributed by atoms with Crippen molar-refractivity contribution in [3.8, 4) is 0 Å². The number of rotatable bonds is 5. The third kappa shape index (κ3) is 4.72. The number of para-hydroxylation sites is 1. The lowest BCUT2D eigenvalue weighted by molar-refractivity contribution is -0.122. The molecule has 1 heterocycles. The van der Waals surface area contributed by atoms with Gasteiger partial charge in [0, 0.05) is 4.90 Å². The Labute approximate surface area is 187 Å². The van der Waals surface area contributed by atoms with Crippen LogP contribution in [-0.2, 0) is 9.59 Å². The lowest BCUT2D eigenvalue weighted by Gasteiger charge is -2.30. The Morgan fingerprint density at radius 2 is 1.68 bits per heavy atom. The van der Waals surface area contributed by atoms with Crippen LogP contribution in [0, 0.1) is 6.92 Å². The molecule has 31 heavy (non-hydrogen) atoms. The molecule has 156 valence electrons. The molecule has 1 aliphatic heterocycles.